The fraction of sp³-hybridized carbons (Fsp3) is 0.280. The van der Waals surface area contributed by atoms with Gasteiger partial charge in [0.25, 0.3) is 5.56 Å². The lowest BCUT2D eigenvalue weighted by atomic mass is 9.86. The van der Waals surface area contributed by atoms with Crippen LogP contribution in [-0.4, -0.2) is 28.9 Å². The first-order valence-corrected chi connectivity index (χ1v) is 10.6. The first-order valence-electron chi connectivity index (χ1n) is 10.6. The quantitative estimate of drug-likeness (QED) is 0.636. The van der Waals surface area contributed by atoms with Crippen LogP contribution in [0, 0.1) is 6.92 Å². The summed E-state index contributed by atoms with van der Waals surface area (Å²) in [5.41, 5.74) is 2.88. The van der Waals surface area contributed by atoms with E-state index in [0.717, 1.165) is 16.8 Å². The van der Waals surface area contributed by atoms with Crippen molar-refractivity contribution in [3.05, 3.63) is 81.3 Å². The lowest BCUT2D eigenvalue weighted by Gasteiger charge is -2.27. The molecule has 2 aliphatic heterocycles. The highest BCUT2D eigenvalue weighted by atomic mass is 16.6. The van der Waals surface area contributed by atoms with Crippen LogP contribution in [-0.2, 0) is 17.8 Å². The lowest BCUT2D eigenvalue weighted by molar-refractivity contribution is -0.135. The number of phenolic OH excluding ortho intramolecular Hbond substituents is 1. The molecule has 0 amide bonds. The van der Waals surface area contributed by atoms with E-state index in [2.05, 4.69) is 0 Å². The molecule has 2 aliphatic rings. The zero-order valence-corrected chi connectivity index (χ0v) is 17.7. The summed E-state index contributed by atoms with van der Waals surface area (Å²) in [5, 5.41) is 9.48. The first kappa shape index (κ1) is 20.2. The maximum absolute atomic E-state index is 13.6. The Balaban J connectivity index is 1.53. The highest BCUT2D eigenvalue weighted by Gasteiger charge is 2.33. The number of esters is 1. The van der Waals surface area contributed by atoms with E-state index in [1.54, 1.807) is 22.8 Å². The molecule has 7 nitrogen and oxygen atoms in total. The molecule has 3 heterocycles. The van der Waals surface area contributed by atoms with E-state index >= 15 is 0 Å². The van der Waals surface area contributed by atoms with Gasteiger partial charge in [-0.05, 0) is 48.7 Å². The second kappa shape index (κ2) is 8.07. The van der Waals surface area contributed by atoms with Gasteiger partial charge < -0.3 is 23.9 Å². The Morgan fingerprint density at radius 2 is 1.72 bits per heavy atom. The summed E-state index contributed by atoms with van der Waals surface area (Å²) in [4.78, 5) is 25.9. The third kappa shape index (κ3) is 3.70. The summed E-state index contributed by atoms with van der Waals surface area (Å²) in [6.07, 6.45) is 0.719. The average Bonchev–Trinajstić information content (AvgIpc) is 2.79. The van der Waals surface area contributed by atoms with Crippen LogP contribution in [0.4, 0.5) is 0 Å². The lowest BCUT2D eigenvalue weighted by Crippen LogP contribution is -2.33. The van der Waals surface area contributed by atoms with Crippen molar-refractivity contribution in [3.8, 4) is 23.0 Å². The van der Waals surface area contributed by atoms with Crippen LogP contribution < -0.4 is 19.8 Å². The monoisotopic (exact) mass is 433 g/mol. The molecule has 5 rings (SSSR count). The summed E-state index contributed by atoms with van der Waals surface area (Å²) in [6, 6.07) is 14.3. The number of hydrogen-bond acceptors (Lipinski definition) is 6. The molecule has 2 aromatic carbocycles. The van der Waals surface area contributed by atoms with Gasteiger partial charge in [0.1, 0.15) is 24.7 Å². The first-order chi connectivity index (χ1) is 15.5. The molecule has 1 N–H and O–H groups in total. The van der Waals surface area contributed by atoms with Gasteiger partial charge in [-0.25, -0.2) is 0 Å². The summed E-state index contributed by atoms with van der Waals surface area (Å²) in [6.45, 7) is 3.27. The van der Waals surface area contributed by atoms with Gasteiger partial charge in [-0.1, -0.05) is 18.2 Å². The summed E-state index contributed by atoms with van der Waals surface area (Å²) >= 11 is 0. The van der Waals surface area contributed by atoms with Crippen LogP contribution >= 0.6 is 0 Å². The Morgan fingerprint density at radius 3 is 2.50 bits per heavy atom. The minimum atomic E-state index is -0.421. The average molecular weight is 433 g/mol. The molecule has 0 bridgehead atoms. The summed E-state index contributed by atoms with van der Waals surface area (Å²) in [5.74, 6) is 1.03. The molecule has 1 aromatic heterocycles. The predicted molar refractivity (Wildman–Crippen MR) is 117 cm³/mol. The Kier molecular flexibility index (Phi) is 5.09. The van der Waals surface area contributed by atoms with Gasteiger partial charge in [0.15, 0.2) is 11.5 Å². The Bertz CT molecular complexity index is 1240. The van der Waals surface area contributed by atoms with Gasteiger partial charge >= 0.3 is 5.97 Å². The van der Waals surface area contributed by atoms with Gasteiger partial charge in [-0.2, -0.15) is 0 Å². The van der Waals surface area contributed by atoms with E-state index in [1.165, 1.54) is 0 Å². The number of carbonyl (C=O) groups excluding carboxylic acids is 1. The Hall–Kier alpha value is -3.74. The van der Waals surface area contributed by atoms with E-state index in [0.29, 0.717) is 49.0 Å². The van der Waals surface area contributed by atoms with Crippen molar-refractivity contribution in [1.29, 1.82) is 0 Å². The largest absolute Gasteiger partial charge is 0.508 e. The van der Waals surface area contributed by atoms with Crippen LogP contribution in [0.3, 0.4) is 0 Å². The predicted octanol–water partition coefficient (Wildman–Crippen LogP) is 3.32. The van der Waals surface area contributed by atoms with Crippen LogP contribution in [0.5, 0.6) is 23.0 Å². The summed E-state index contributed by atoms with van der Waals surface area (Å²) < 4.78 is 18.5. The molecular weight excluding hydrogens is 410 g/mol. The number of aromatic hydroxyl groups is 1. The molecule has 7 heteroatoms. The molecule has 3 aromatic rings. The van der Waals surface area contributed by atoms with E-state index in [1.807, 2.05) is 37.3 Å². The fourth-order valence-electron chi connectivity index (χ4n) is 4.34. The van der Waals surface area contributed by atoms with Gasteiger partial charge in [0.2, 0.25) is 0 Å². The molecule has 0 saturated carbocycles. The highest BCUT2D eigenvalue weighted by molar-refractivity contribution is 5.77. The number of phenols is 1. The zero-order valence-electron chi connectivity index (χ0n) is 17.7. The van der Waals surface area contributed by atoms with Crippen molar-refractivity contribution >= 4 is 5.97 Å². The van der Waals surface area contributed by atoms with Crippen LogP contribution in [0.25, 0.3) is 0 Å². The number of nitrogens with zero attached hydrogens (tertiary/aromatic N) is 1. The van der Waals surface area contributed by atoms with E-state index in [9.17, 15) is 14.7 Å². The zero-order chi connectivity index (χ0) is 22.2. The second-order valence-corrected chi connectivity index (χ2v) is 8.07. The summed E-state index contributed by atoms with van der Waals surface area (Å²) in [7, 11) is 0. The Labute approximate surface area is 184 Å². The number of ether oxygens (including phenoxy) is 3. The van der Waals surface area contributed by atoms with Crippen molar-refractivity contribution in [3.63, 3.8) is 0 Å². The molecule has 0 spiro atoms. The third-order valence-electron chi connectivity index (χ3n) is 5.98. The highest BCUT2D eigenvalue weighted by Crippen LogP contribution is 2.40. The van der Waals surface area contributed by atoms with Gasteiger partial charge in [-0.15, -0.1) is 0 Å². The molecule has 0 fully saturated rings. The normalized spacial score (nSPS) is 16.9. The number of aromatic nitrogens is 1. The van der Waals surface area contributed by atoms with E-state index in [4.69, 9.17) is 14.2 Å². The number of benzene rings is 2. The third-order valence-corrected chi connectivity index (χ3v) is 5.98. The SMILES string of the molecule is Cc1cc2c(c(=O)n1CCc1ccc(O)cc1)C(c1ccc3c(c1)OCCO3)CC(=O)O2. The van der Waals surface area contributed by atoms with Crippen molar-refractivity contribution in [2.45, 2.75) is 32.2 Å². The van der Waals surface area contributed by atoms with E-state index < -0.39 is 5.92 Å². The number of carbonyl (C=O) groups is 1. The molecule has 0 aliphatic carbocycles. The maximum Gasteiger partial charge on any atom is 0.312 e. The second-order valence-electron chi connectivity index (χ2n) is 8.07. The van der Waals surface area contributed by atoms with Gasteiger partial charge in [0.05, 0.1) is 12.0 Å². The smallest absolute Gasteiger partial charge is 0.312 e. The minimum absolute atomic E-state index is 0.0862. The van der Waals surface area contributed by atoms with Crippen molar-refractivity contribution in [2.24, 2.45) is 0 Å². The molecule has 0 saturated heterocycles. The number of fused-ring (bicyclic) bond motifs is 2. The number of aryl methyl sites for hydroxylation is 2. The molecule has 1 unspecified atom stereocenters. The van der Waals surface area contributed by atoms with Gasteiger partial charge in [0, 0.05) is 24.2 Å². The molecule has 32 heavy (non-hydrogen) atoms. The minimum Gasteiger partial charge on any atom is -0.508 e. The standard InChI is InChI=1S/C25H23NO6/c1-15-12-22-24(25(29)26(15)9-8-16-2-5-18(27)6-3-16)19(14-23(28)32-22)17-4-7-20-21(13-17)31-11-10-30-20/h2-7,12-13,19,27H,8-11,14H2,1H3. The van der Waals surface area contributed by atoms with Gasteiger partial charge in [-0.3, -0.25) is 9.59 Å². The molecule has 1 atom stereocenters. The Morgan fingerprint density at radius 1 is 0.969 bits per heavy atom. The van der Waals surface area contributed by atoms with Crippen molar-refractivity contribution in [2.75, 3.05) is 13.2 Å². The number of rotatable bonds is 4. The number of hydrogen-bond donors (Lipinski definition) is 1. The molecule has 0 radical (unpaired) electrons. The molecular formula is C25H23NO6. The fourth-order valence-corrected chi connectivity index (χ4v) is 4.34. The number of pyridine rings is 1. The van der Waals surface area contributed by atoms with Crippen LogP contribution in [0.1, 0.15) is 34.7 Å². The van der Waals surface area contributed by atoms with E-state index in [-0.39, 0.29) is 23.7 Å². The van der Waals surface area contributed by atoms with Crippen LogP contribution in [0.2, 0.25) is 0 Å². The van der Waals surface area contributed by atoms with Crippen molar-refractivity contribution in [1.82, 2.24) is 4.57 Å². The molecule has 164 valence electrons. The maximum atomic E-state index is 13.6. The van der Waals surface area contributed by atoms with Crippen molar-refractivity contribution < 1.29 is 24.1 Å². The van der Waals surface area contributed by atoms with Crippen LogP contribution in [0.15, 0.2) is 53.3 Å². The topological polar surface area (TPSA) is 87.0 Å².